The first-order chi connectivity index (χ1) is 14.7. The number of ether oxygens (including phenoxy) is 2. The maximum Gasteiger partial charge on any atom is 0.231 e. The molecule has 1 atom stereocenters. The lowest BCUT2D eigenvalue weighted by atomic mass is 10.00. The van der Waals surface area contributed by atoms with Gasteiger partial charge < -0.3 is 25.2 Å². The van der Waals surface area contributed by atoms with Crippen LogP contribution in [0, 0.1) is 0 Å². The zero-order chi connectivity index (χ0) is 20.8. The van der Waals surface area contributed by atoms with Gasteiger partial charge >= 0.3 is 0 Å². The zero-order valence-electron chi connectivity index (χ0n) is 17.8. The highest BCUT2D eigenvalue weighted by atomic mass is 127. The Morgan fingerprint density at radius 1 is 1.13 bits per heavy atom. The lowest BCUT2D eigenvalue weighted by Crippen LogP contribution is -2.45. The minimum atomic E-state index is -0.468. The van der Waals surface area contributed by atoms with Crippen molar-refractivity contribution in [2.75, 3.05) is 33.0 Å². The standard InChI is InChI=1S/C23H30N4O3.HI/c1-2-24-23(25-12-17-7-8-21-22(11-17)30-16-29-21)26-13-20(28)15-27-10-9-18-5-3-4-6-19(18)14-27;/h3-8,11,20,28H,2,9-10,12-16H2,1H3,(H2,24,25,26);1H. The molecule has 8 heteroatoms. The molecule has 0 spiro atoms. The maximum atomic E-state index is 10.5. The molecular weight excluding hydrogens is 507 g/mol. The van der Waals surface area contributed by atoms with E-state index < -0.39 is 6.10 Å². The van der Waals surface area contributed by atoms with Crippen LogP contribution < -0.4 is 20.1 Å². The average Bonchev–Trinajstić information content (AvgIpc) is 3.23. The number of guanidine groups is 1. The van der Waals surface area contributed by atoms with Crippen molar-refractivity contribution in [3.05, 3.63) is 59.2 Å². The molecule has 2 aliphatic rings. The van der Waals surface area contributed by atoms with Gasteiger partial charge in [-0.2, -0.15) is 0 Å². The van der Waals surface area contributed by atoms with Crippen LogP contribution in [-0.2, 0) is 19.5 Å². The molecule has 2 aromatic carbocycles. The Morgan fingerprint density at radius 2 is 1.94 bits per heavy atom. The van der Waals surface area contributed by atoms with Crippen LogP contribution in [0.5, 0.6) is 11.5 Å². The van der Waals surface area contributed by atoms with Crippen molar-refractivity contribution in [2.24, 2.45) is 4.99 Å². The molecule has 4 rings (SSSR count). The number of aliphatic hydroxyl groups is 1. The Kier molecular flexibility index (Phi) is 8.79. The second kappa shape index (κ2) is 11.5. The van der Waals surface area contributed by atoms with Gasteiger partial charge in [-0.25, -0.2) is 4.99 Å². The molecule has 0 bridgehead atoms. The van der Waals surface area contributed by atoms with E-state index in [9.17, 15) is 5.11 Å². The fourth-order valence-electron chi connectivity index (χ4n) is 3.84. The molecule has 0 radical (unpaired) electrons. The van der Waals surface area contributed by atoms with Gasteiger partial charge in [0.05, 0.1) is 12.6 Å². The van der Waals surface area contributed by atoms with Gasteiger partial charge in [0.15, 0.2) is 17.5 Å². The Labute approximate surface area is 200 Å². The summed E-state index contributed by atoms with van der Waals surface area (Å²) < 4.78 is 10.8. The first kappa shape index (κ1) is 23.6. The number of nitrogens with one attached hydrogen (secondary N) is 2. The van der Waals surface area contributed by atoms with E-state index in [1.807, 2.05) is 25.1 Å². The number of β-amino-alcohol motifs (C(OH)–C–C–N with tert-alkyl or cyclic N) is 1. The van der Waals surface area contributed by atoms with E-state index in [2.05, 4.69) is 44.8 Å². The van der Waals surface area contributed by atoms with E-state index in [0.29, 0.717) is 25.6 Å². The third-order valence-corrected chi connectivity index (χ3v) is 5.38. The van der Waals surface area contributed by atoms with Crippen molar-refractivity contribution in [2.45, 2.75) is 32.5 Å². The smallest absolute Gasteiger partial charge is 0.231 e. The van der Waals surface area contributed by atoms with Crippen LogP contribution >= 0.6 is 24.0 Å². The number of fused-ring (bicyclic) bond motifs is 2. The molecule has 2 heterocycles. The fraction of sp³-hybridized carbons (Fsp3) is 0.435. The highest BCUT2D eigenvalue weighted by Crippen LogP contribution is 2.32. The Hall–Kier alpha value is -2.04. The van der Waals surface area contributed by atoms with Crippen LogP contribution in [0.3, 0.4) is 0 Å². The van der Waals surface area contributed by atoms with Crippen LogP contribution in [0.2, 0.25) is 0 Å². The molecule has 0 aliphatic carbocycles. The molecule has 0 saturated heterocycles. The molecule has 7 nitrogen and oxygen atoms in total. The van der Waals surface area contributed by atoms with Gasteiger partial charge in [0.1, 0.15) is 0 Å². The van der Waals surface area contributed by atoms with E-state index >= 15 is 0 Å². The highest BCUT2D eigenvalue weighted by molar-refractivity contribution is 14.0. The molecule has 2 aromatic rings. The second-order valence-electron chi connectivity index (χ2n) is 7.67. The summed E-state index contributed by atoms with van der Waals surface area (Å²) in [6.45, 7) is 6.54. The summed E-state index contributed by atoms with van der Waals surface area (Å²) in [5, 5.41) is 17.0. The van der Waals surface area contributed by atoms with Crippen molar-refractivity contribution in [3.8, 4) is 11.5 Å². The third kappa shape index (κ3) is 6.47. The normalized spacial score (nSPS) is 16.3. The van der Waals surface area contributed by atoms with Crippen LogP contribution in [-0.4, -0.2) is 55.0 Å². The molecule has 0 saturated carbocycles. The van der Waals surface area contributed by atoms with Crippen LogP contribution in [0.25, 0.3) is 0 Å². The Balaban J connectivity index is 0.00000272. The van der Waals surface area contributed by atoms with E-state index in [1.165, 1.54) is 11.1 Å². The molecular formula is C23H31IN4O3. The SMILES string of the molecule is CCNC(=NCc1ccc2c(c1)OCO2)NCC(O)CN1CCc2ccccc2C1.I. The van der Waals surface area contributed by atoms with E-state index in [1.54, 1.807) is 0 Å². The number of hydrogen-bond acceptors (Lipinski definition) is 5. The number of rotatable bonds is 7. The van der Waals surface area contributed by atoms with E-state index in [-0.39, 0.29) is 30.8 Å². The summed E-state index contributed by atoms with van der Waals surface area (Å²) in [5.74, 6) is 2.23. The van der Waals surface area contributed by atoms with Crippen LogP contribution in [0.1, 0.15) is 23.6 Å². The zero-order valence-corrected chi connectivity index (χ0v) is 20.2. The van der Waals surface area contributed by atoms with Gasteiger partial charge in [0.2, 0.25) is 6.79 Å². The first-order valence-corrected chi connectivity index (χ1v) is 10.6. The van der Waals surface area contributed by atoms with Gasteiger partial charge in [0.25, 0.3) is 0 Å². The molecule has 168 valence electrons. The largest absolute Gasteiger partial charge is 0.454 e. The topological polar surface area (TPSA) is 78.4 Å². The molecule has 0 amide bonds. The molecule has 0 aromatic heterocycles. The van der Waals surface area contributed by atoms with Gasteiger partial charge in [0, 0.05) is 32.7 Å². The maximum absolute atomic E-state index is 10.5. The van der Waals surface area contributed by atoms with E-state index in [4.69, 9.17) is 9.47 Å². The molecule has 31 heavy (non-hydrogen) atoms. The number of nitrogens with zero attached hydrogens (tertiary/aromatic N) is 2. The number of halogens is 1. The predicted octanol–water partition coefficient (Wildman–Crippen LogP) is 2.51. The van der Waals surface area contributed by atoms with E-state index in [0.717, 1.165) is 43.1 Å². The minimum Gasteiger partial charge on any atom is -0.454 e. The van der Waals surface area contributed by atoms with Crippen molar-refractivity contribution in [3.63, 3.8) is 0 Å². The number of hydrogen-bond donors (Lipinski definition) is 3. The summed E-state index contributed by atoms with van der Waals surface area (Å²) in [6.07, 6.45) is 0.570. The van der Waals surface area contributed by atoms with Crippen molar-refractivity contribution >= 4 is 29.9 Å². The van der Waals surface area contributed by atoms with Gasteiger partial charge in [-0.1, -0.05) is 30.3 Å². The molecule has 1 unspecified atom stereocenters. The number of benzene rings is 2. The average molecular weight is 538 g/mol. The van der Waals surface area contributed by atoms with Crippen LogP contribution in [0.15, 0.2) is 47.5 Å². The quantitative estimate of drug-likeness (QED) is 0.286. The number of aliphatic hydroxyl groups excluding tert-OH is 1. The van der Waals surface area contributed by atoms with Gasteiger partial charge in [-0.15, -0.1) is 24.0 Å². The van der Waals surface area contributed by atoms with Gasteiger partial charge in [-0.05, 0) is 42.2 Å². The summed E-state index contributed by atoms with van der Waals surface area (Å²) in [7, 11) is 0. The summed E-state index contributed by atoms with van der Waals surface area (Å²) in [5.41, 5.74) is 3.83. The first-order valence-electron chi connectivity index (χ1n) is 10.6. The van der Waals surface area contributed by atoms with Crippen molar-refractivity contribution in [1.29, 1.82) is 0 Å². The molecule has 2 aliphatic heterocycles. The third-order valence-electron chi connectivity index (χ3n) is 5.38. The van der Waals surface area contributed by atoms with Crippen molar-refractivity contribution < 1.29 is 14.6 Å². The lowest BCUT2D eigenvalue weighted by Gasteiger charge is -2.30. The molecule has 3 N–H and O–H groups in total. The van der Waals surface area contributed by atoms with Crippen molar-refractivity contribution in [1.82, 2.24) is 15.5 Å². The fourth-order valence-corrected chi connectivity index (χ4v) is 3.84. The monoisotopic (exact) mass is 538 g/mol. The number of aliphatic imine (C=N–C) groups is 1. The molecule has 0 fully saturated rings. The second-order valence-corrected chi connectivity index (χ2v) is 7.67. The summed E-state index contributed by atoms with van der Waals surface area (Å²) in [4.78, 5) is 6.94. The summed E-state index contributed by atoms with van der Waals surface area (Å²) in [6, 6.07) is 14.4. The Morgan fingerprint density at radius 3 is 2.77 bits per heavy atom. The van der Waals surface area contributed by atoms with Crippen LogP contribution in [0.4, 0.5) is 0 Å². The van der Waals surface area contributed by atoms with Gasteiger partial charge in [-0.3, -0.25) is 4.90 Å². The Bertz CT molecular complexity index is 893. The predicted molar refractivity (Wildman–Crippen MR) is 132 cm³/mol. The minimum absolute atomic E-state index is 0. The summed E-state index contributed by atoms with van der Waals surface area (Å²) >= 11 is 0. The highest BCUT2D eigenvalue weighted by Gasteiger charge is 2.18. The lowest BCUT2D eigenvalue weighted by molar-refractivity contribution is 0.108.